The van der Waals surface area contributed by atoms with Crippen LogP contribution >= 0.6 is 11.6 Å². The second-order valence-electron chi connectivity index (χ2n) is 4.05. The summed E-state index contributed by atoms with van der Waals surface area (Å²) in [5, 5.41) is 11.8. The molecule has 0 aliphatic heterocycles. The molecule has 0 fully saturated rings. The largest absolute Gasteiger partial charge is 0.507 e. The second kappa shape index (κ2) is 6.65. The number of fused-ring (bicyclic) bond motifs is 1. The fourth-order valence-electron chi connectivity index (χ4n) is 2.13. The number of alkyl halides is 1. The van der Waals surface area contributed by atoms with Gasteiger partial charge in [0.1, 0.15) is 5.75 Å². The van der Waals surface area contributed by atoms with E-state index < -0.39 is 0 Å². The number of benzene rings is 2. The molecule has 0 bridgehead atoms. The van der Waals surface area contributed by atoms with Crippen molar-refractivity contribution in [1.82, 2.24) is 0 Å². The van der Waals surface area contributed by atoms with Crippen LogP contribution in [0.3, 0.4) is 0 Å². The normalized spacial score (nSPS) is 11.8. The lowest BCUT2D eigenvalue weighted by Crippen LogP contribution is -1.94. The van der Waals surface area contributed by atoms with E-state index in [1.165, 1.54) is 0 Å². The van der Waals surface area contributed by atoms with Crippen LogP contribution in [-0.4, -0.2) is 5.11 Å². The Morgan fingerprint density at radius 2 is 1.72 bits per heavy atom. The van der Waals surface area contributed by atoms with Crippen LogP contribution in [0.25, 0.3) is 10.8 Å². The van der Waals surface area contributed by atoms with E-state index in [1.807, 2.05) is 45.0 Å². The Morgan fingerprint density at radius 1 is 1.17 bits per heavy atom. The van der Waals surface area contributed by atoms with Crippen LogP contribution in [-0.2, 0) is 0 Å². The van der Waals surface area contributed by atoms with Gasteiger partial charge in [-0.25, -0.2) is 0 Å². The maximum atomic E-state index is 9.89. The zero-order valence-electron chi connectivity index (χ0n) is 11.5. The van der Waals surface area contributed by atoms with Crippen LogP contribution < -0.4 is 0 Å². The van der Waals surface area contributed by atoms with Crippen molar-refractivity contribution in [2.45, 2.75) is 39.5 Å². The first-order valence-corrected chi connectivity index (χ1v) is 6.94. The predicted octanol–water partition coefficient (Wildman–Crippen LogP) is 5.57. The standard InChI is InChI=1S/C14H15ClO.C2H6/c1-3-12(15)14-9(2)8-13(16)10-6-4-5-7-11(10)14;1-2/h4-8,12,16H,3H2,1-2H3;1-2H3. The molecule has 1 N–H and O–H groups in total. The number of phenolic OH excluding ortho intramolecular Hbond substituents is 1. The Labute approximate surface area is 114 Å². The van der Waals surface area contributed by atoms with Gasteiger partial charge in [-0.3, -0.25) is 0 Å². The molecular weight excluding hydrogens is 244 g/mol. The summed E-state index contributed by atoms with van der Waals surface area (Å²) in [6, 6.07) is 9.64. The molecular formula is C16H21ClO. The number of aromatic hydroxyl groups is 1. The summed E-state index contributed by atoms with van der Waals surface area (Å²) in [4.78, 5) is 0. The molecule has 2 aromatic carbocycles. The van der Waals surface area contributed by atoms with E-state index in [0.29, 0.717) is 5.75 Å². The van der Waals surface area contributed by atoms with Crippen LogP contribution in [0.1, 0.15) is 43.7 Å². The average Bonchev–Trinajstić information content (AvgIpc) is 2.41. The van der Waals surface area contributed by atoms with Gasteiger partial charge in [-0.2, -0.15) is 0 Å². The van der Waals surface area contributed by atoms with Gasteiger partial charge in [0.05, 0.1) is 5.38 Å². The van der Waals surface area contributed by atoms with Crippen LogP contribution in [0.2, 0.25) is 0 Å². The average molecular weight is 265 g/mol. The van der Waals surface area contributed by atoms with E-state index in [9.17, 15) is 5.11 Å². The highest BCUT2D eigenvalue weighted by Gasteiger charge is 2.14. The first-order valence-electron chi connectivity index (χ1n) is 6.50. The monoisotopic (exact) mass is 264 g/mol. The third kappa shape index (κ3) is 2.78. The van der Waals surface area contributed by atoms with Gasteiger partial charge < -0.3 is 5.11 Å². The topological polar surface area (TPSA) is 20.2 Å². The molecule has 0 aliphatic rings. The highest BCUT2D eigenvalue weighted by molar-refractivity contribution is 6.22. The van der Waals surface area contributed by atoms with Crippen LogP contribution in [0.5, 0.6) is 5.75 Å². The fraction of sp³-hybridized carbons (Fsp3) is 0.375. The number of phenols is 1. The van der Waals surface area contributed by atoms with Gasteiger partial charge >= 0.3 is 0 Å². The minimum atomic E-state index is 0.00509. The summed E-state index contributed by atoms with van der Waals surface area (Å²) in [5.74, 6) is 0.330. The summed E-state index contributed by atoms with van der Waals surface area (Å²) in [7, 11) is 0. The lowest BCUT2D eigenvalue weighted by atomic mass is 9.95. The highest BCUT2D eigenvalue weighted by atomic mass is 35.5. The highest BCUT2D eigenvalue weighted by Crippen LogP contribution is 2.37. The SMILES string of the molecule is CC.CCC(Cl)c1c(C)cc(O)c2ccccc12. The zero-order valence-corrected chi connectivity index (χ0v) is 12.3. The molecule has 18 heavy (non-hydrogen) atoms. The van der Waals surface area contributed by atoms with E-state index in [4.69, 9.17) is 11.6 Å². The molecule has 0 radical (unpaired) electrons. The zero-order chi connectivity index (χ0) is 13.7. The molecule has 0 saturated carbocycles. The first-order chi connectivity index (χ1) is 8.65. The third-order valence-corrected chi connectivity index (χ3v) is 3.47. The van der Waals surface area contributed by atoms with Gasteiger partial charge in [0.25, 0.3) is 0 Å². The molecule has 1 atom stereocenters. The van der Waals surface area contributed by atoms with Crippen molar-refractivity contribution in [2.75, 3.05) is 0 Å². The molecule has 1 unspecified atom stereocenters. The predicted molar refractivity (Wildman–Crippen MR) is 80.6 cm³/mol. The van der Waals surface area contributed by atoms with Gasteiger partial charge in [0, 0.05) is 5.39 Å². The molecule has 98 valence electrons. The van der Waals surface area contributed by atoms with Crippen LogP contribution in [0, 0.1) is 6.92 Å². The second-order valence-corrected chi connectivity index (χ2v) is 4.57. The molecule has 2 rings (SSSR count). The summed E-state index contributed by atoms with van der Waals surface area (Å²) >= 11 is 6.35. The molecule has 2 aromatic rings. The minimum absolute atomic E-state index is 0.00509. The maximum absolute atomic E-state index is 9.89. The summed E-state index contributed by atoms with van der Waals surface area (Å²) < 4.78 is 0. The molecule has 0 aliphatic carbocycles. The molecule has 0 heterocycles. The number of hydrogen-bond donors (Lipinski definition) is 1. The van der Waals surface area contributed by atoms with Crippen molar-refractivity contribution < 1.29 is 5.11 Å². The van der Waals surface area contributed by atoms with Gasteiger partial charge in [0.2, 0.25) is 0 Å². The number of aryl methyl sites for hydroxylation is 1. The van der Waals surface area contributed by atoms with E-state index in [0.717, 1.165) is 28.3 Å². The Balaban J connectivity index is 0.000000771. The molecule has 0 amide bonds. The third-order valence-electron chi connectivity index (χ3n) is 2.94. The van der Waals surface area contributed by atoms with Crippen molar-refractivity contribution in [2.24, 2.45) is 0 Å². The van der Waals surface area contributed by atoms with Gasteiger partial charge in [0.15, 0.2) is 0 Å². The van der Waals surface area contributed by atoms with Gasteiger partial charge in [-0.1, -0.05) is 45.0 Å². The van der Waals surface area contributed by atoms with Gasteiger partial charge in [-0.05, 0) is 35.9 Å². The summed E-state index contributed by atoms with van der Waals surface area (Å²) in [6.45, 7) is 8.06. The maximum Gasteiger partial charge on any atom is 0.123 e. The summed E-state index contributed by atoms with van der Waals surface area (Å²) in [5.41, 5.74) is 2.19. The molecule has 2 heteroatoms. The molecule has 0 spiro atoms. The van der Waals surface area contributed by atoms with Crippen molar-refractivity contribution in [3.63, 3.8) is 0 Å². The van der Waals surface area contributed by atoms with Gasteiger partial charge in [-0.15, -0.1) is 11.6 Å². The fourth-order valence-corrected chi connectivity index (χ4v) is 2.42. The van der Waals surface area contributed by atoms with Crippen molar-refractivity contribution in [1.29, 1.82) is 0 Å². The lowest BCUT2D eigenvalue weighted by molar-refractivity contribution is 0.481. The number of halogens is 1. The molecule has 0 saturated heterocycles. The number of hydrogen-bond acceptors (Lipinski definition) is 1. The smallest absolute Gasteiger partial charge is 0.123 e. The van der Waals surface area contributed by atoms with E-state index in [2.05, 4.69) is 6.92 Å². The summed E-state index contributed by atoms with van der Waals surface area (Å²) in [6.07, 6.45) is 0.886. The Hall–Kier alpha value is -1.21. The Bertz CT molecular complexity index is 520. The van der Waals surface area contributed by atoms with E-state index in [1.54, 1.807) is 6.07 Å². The van der Waals surface area contributed by atoms with Crippen molar-refractivity contribution >= 4 is 22.4 Å². The lowest BCUT2D eigenvalue weighted by Gasteiger charge is -2.15. The van der Waals surface area contributed by atoms with Crippen molar-refractivity contribution in [3.05, 3.63) is 41.5 Å². The van der Waals surface area contributed by atoms with Crippen LogP contribution in [0.15, 0.2) is 30.3 Å². The van der Waals surface area contributed by atoms with Crippen molar-refractivity contribution in [3.8, 4) is 5.75 Å². The van der Waals surface area contributed by atoms with Crippen LogP contribution in [0.4, 0.5) is 0 Å². The van der Waals surface area contributed by atoms with E-state index >= 15 is 0 Å². The molecule has 1 nitrogen and oxygen atoms in total. The van der Waals surface area contributed by atoms with E-state index in [-0.39, 0.29) is 5.38 Å². The Morgan fingerprint density at radius 3 is 2.28 bits per heavy atom. The Kier molecular flexibility index (Phi) is 5.49. The quantitative estimate of drug-likeness (QED) is 0.703. The minimum Gasteiger partial charge on any atom is -0.507 e. The number of rotatable bonds is 2. The first kappa shape index (κ1) is 14.8. The molecule has 0 aromatic heterocycles.